The Kier molecular flexibility index (Phi) is 5.22. The van der Waals surface area contributed by atoms with Crippen molar-refractivity contribution in [3.05, 3.63) is 28.8 Å². The van der Waals surface area contributed by atoms with Gasteiger partial charge in [-0.1, -0.05) is 11.6 Å². The molecule has 0 bridgehead atoms. The van der Waals surface area contributed by atoms with Gasteiger partial charge in [-0.05, 0) is 43.9 Å². The van der Waals surface area contributed by atoms with Gasteiger partial charge < -0.3 is 5.11 Å². The molecule has 1 aliphatic rings. The molecule has 0 radical (unpaired) electrons. The van der Waals surface area contributed by atoms with Gasteiger partial charge in [-0.25, -0.2) is 8.42 Å². The third-order valence-corrected chi connectivity index (χ3v) is 6.10. The number of nitrogens with zero attached hydrogens (tertiary/aromatic N) is 2. The summed E-state index contributed by atoms with van der Waals surface area (Å²) < 4.78 is 26.9. The second kappa shape index (κ2) is 6.75. The number of halogens is 1. The number of sulfonamides is 1. The number of aliphatic hydroxyl groups excluding tert-OH is 1. The highest BCUT2D eigenvalue weighted by atomic mass is 35.5. The van der Waals surface area contributed by atoms with Crippen LogP contribution in [0, 0.1) is 11.3 Å². The van der Waals surface area contributed by atoms with Gasteiger partial charge in [0.1, 0.15) is 4.90 Å². The van der Waals surface area contributed by atoms with E-state index in [0.717, 1.165) is 12.8 Å². The van der Waals surface area contributed by atoms with Gasteiger partial charge in [0.2, 0.25) is 10.0 Å². The van der Waals surface area contributed by atoms with Gasteiger partial charge in [0, 0.05) is 19.2 Å². The van der Waals surface area contributed by atoms with Crippen LogP contribution in [0.15, 0.2) is 23.1 Å². The van der Waals surface area contributed by atoms with E-state index in [1.165, 1.54) is 22.5 Å². The molecule has 114 valence electrons. The van der Waals surface area contributed by atoms with Gasteiger partial charge in [0.15, 0.2) is 0 Å². The maximum atomic E-state index is 12.7. The molecule has 1 unspecified atom stereocenters. The molecule has 0 amide bonds. The lowest BCUT2D eigenvalue weighted by atomic mass is 10.1. The van der Waals surface area contributed by atoms with Gasteiger partial charge in [0.25, 0.3) is 0 Å². The Morgan fingerprint density at radius 3 is 2.86 bits per heavy atom. The molecule has 1 aromatic carbocycles. The Morgan fingerprint density at radius 2 is 2.24 bits per heavy atom. The molecule has 5 nitrogen and oxygen atoms in total. The van der Waals surface area contributed by atoms with Gasteiger partial charge in [0.05, 0.1) is 16.7 Å². The Morgan fingerprint density at radius 1 is 1.48 bits per heavy atom. The fraction of sp³-hybridized carbons (Fsp3) is 0.500. The summed E-state index contributed by atoms with van der Waals surface area (Å²) in [5.74, 6) is 0. The quantitative estimate of drug-likeness (QED) is 0.897. The first kappa shape index (κ1) is 16.2. The number of nitriles is 1. The lowest BCUT2D eigenvalue weighted by Crippen LogP contribution is -2.35. The summed E-state index contributed by atoms with van der Waals surface area (Å²) in [5, 5.41) is 17.8. The first-order valence-corrected chi connectivity index (χ1v) is 8.65. The van der Waals surface area contributed by atoms with Crippen LogP contribution >= 0.6 is 11.6 Å². The van der Waals surface area contributed by atoms with Crippen LogP contribution in [0.5, 0.6) is 0 Å². The molecule has 1 aromatic rings. The van der Waals surface area contributed by atoms with Crippen LogP contribution in [0.1, 0.15) is 31.2 Å². The zero-order valence-electron chi connectivity index (χ0n) is 11.5. The Hall–Kier alpha value is -1.13. The van der Waals surface area contributed by atoms with Crippen LogP contribution in [-0.2, 0) is 10.0 Å². The molecule has 7 heteroatoms. The summed E-state index contributed by atoms with van der Waals surface area (Å²) >= 11 is 6.03. The van der Waals surface area contributed by atoms with E-state index in [9.17, 15) is 8.42 Å². The van der Waals surface area contributed by atoms with Crippen molar-refractivity contribution in [1.29, 1.82) is 5.26 Å². The average molecular weight is 329 g/mol. The van der Waals surface area contributed by atoms with Crippen LogP contribution in [0.3, 0.4) is 0 Å². The highest BCUT2D eigenvalue weighted by molar-refractivity contribution is 7.89. The van der Waals surface area contributed by atoms with Crippen molar-refractivity contribution < 1.29 is 13.5 Å². The van der Waals surface area contributed by atoms with Crippen LogP contribution in [0.2, 0.25) is 5.02 Å². The number of hydrogen-bond donors (Lipinski definition) is 1. The SMILES string of the molecule is N#Cc1ccc(S(=O)(=O)N2CCCC2CCCO)c(Cl)c1. The van der Waals surface area contributed by atoms with Gasteiger partial charge in [-0.15, -0.1) is 0 Å². The predicted molar refractivity (Wildman–Crippen MR) is 79.4 cm³/mol. The van der Waals surface area contributed by atoms with Crippen LogP contribution in [0.25, 0.3) is 0 Å². The molecule has 2 rings (SSSR count). The van der Waals surface area contributed by atoms with Crippen molar-refractivity contribution >= 4 is 21.6 Å². The molecule has 1 fully saturated rings. The molecule has 0 saturated carbocycles. The summed E-state index contributed by atoms with van der Waals surface area (Å²) in [6.07, 6.45) is 2.83. The molecule has 21 heavy (non-hydrogen) atoms. The molecule has 0 spiro atoms. The van der Waals surface area contributed by atoms with E-state index in [4.69, 9.17) is 22.0 Å². The first-order valence-electron chi connectivity index (χ1n) is 6.83. The van der Waals surface area contributed by atoms with Crippen molar-refractivity contribution in [2.45, 2.75) is 36.6 Å². The van der Waals surface area contributed by atoms with Crippen LogP contribution < -0.4 is 0 Å². The van der Waals surface area contributed by atoms with Crippen molar-refractivity contribution in [2.24, 2.45) is 0 Å². The second-order valence-electron chi connectivity index (χ2n) is 5.03. The van der Waals surface area contributed by atoms with Gasteiger partial charge in [-0.3, -0.25) is 0 Å². The minimum Gasteiger partial charge on any atom is -0.396 e. The zero-order valence-corrected chi connectivity index (χ0v) is 13.1. The smallest absolute Gasteiger partial charge is 0.244 e. The van der Waals surface area contributed by atoms with Crippen molar-refractivity contribution in [3.8, 4) is 6.07 Å². The van der Waals surface area contributed by atoms with Gasteiger partial charge in [-0.2, -0.15) is 9.57 Å². The first-order chi connectivity index (χ1) is 10.0. The van der Waals surface area contributed by atoms with Crippen LogP contribution in [0.4, 0.5) is 0 Å². The number of hydrogen-bond acceptors (Lipinski definition) is 4. The summed E-state index contributed by atoms with van der Waals surface area (Å²) in [6.45, 7) is 0.525. The summed E-state index contributed by atoms with van der Waals surface area (Å²) in [6, 6.07) is 6.05. The van der Waals surface area contributed by atoms with Crippen molar-refractivity contribution in [3.63, 3.8) is 0 Å². The molecule has 1 atom stereocenters. The molecule has 1 heterocycles. The Bertz CT molecular complexity index is 655. The standard InChI is InChI=1S/C14H17ClN2O3S/c15-13-9-11(10-16)5-6-14(13)21(19,20)17-7-1-3-12(17)4-2-8-18/h5-6,9,12,18H,1-4,7-8H2. The lowest BCUT2D eigenvalue weighted by molar-refractivity contribution is 0.264. The molecule has 1 aliphatic heterocycles. The van der Waals surface area contributed by atoms with E-state index < -0.39 is 10.0 Å². The highest BCUT2D eigenvalue weighted by Gasteiger charge is 2.35. The van der Waals surface area contributed by atoms with E-state index >= 15 is 0 Å². The van der Waals surface area contributed by atoms with Crippen molar-refractivity contribution in [2.75, 3.05) is 13.2 Å². The molecule has 1 saturated heterocycles. The maximum absolute atomic E-state index is 12.7. The minimum absolute atomic E-state index is 0.0408. The summed E-state index contributed by atoms with van der Waals surface area (Å²) in [7, 11) is -3.66. The molecule has 0 aliphatic carbocycles. The predicted octanol–water partition coefficient (Wildman–Crippen LogP) is 2.14. The average Bonchev–Trinajstić information content (AvgIpc) is 2.93. The maximum Gasteiger partial charge on any atom is 0.244 e. The largest absolute Gasteiger partial charge is 0.396 e. The van der Waals surface area contributed by atoms with Crippen molar-refractivity contribution in [1.82, 2.24) is 4.31 Å². The molecule has 0 aromatic heterocycles. The monoisotopic (exact) mass is 328 g/mol. The van der Waals surface area contributed by atoms with E-state index in [0.29, 0.717) is 24.9 Å². The number of benzene rings is 1. The second-order valence-corrected chi connectivity index (χ2v) is 7.30. The fourth-order valence-corrected chi connectivity index (χ4v) is 4.89. The molecular formula is C14H17ClN2O3S. The summed E-state index contributed by atoms with van der Waals surface area (Å²) in [4.78, 5) is 0.0408. The highest BCUT2D eigenvalue weighted by Crippen LogP contribution is 2.32. The Labute approximate surface area is 129 Å². The fourth-order valence-electron chi connectivity index (χ4n) is 2.65. The van der Waals surface area contributed by atoms with E-state index in [2.05, 4.69) is 0 Å². The van der Waals surface area contributed by atoms with Gasteiger partial charge >= 0.3 is 0 Å². The summed E-state index contributed by atoms with van der Waals surface area (Å²) in [5.41, 5.74) is 0.331. The van der Waals surface area contributed by atoms with E-state index in [1.807, 2.05) is 6.07 Å². The lowest BCUT2D eigenvalue weighted by Gasteiger charge is -2.24. The normalized spacial score (nSPS) is 19.6. The third kappa shape index (κ3) is 3.38. The number of aliphatic hydroxyl groups is 1. The topological polar surface area (TPSA) is 81.4 Å². The van der Waals surface area contributed by atoms with Crippen LogP contribution in [-0.4, -0.2) is 37.0 Å². The third-order valence-electron chi connectivity index (χ3n) is 3.67. The Balaban J connectivity index is 2.31. The molecule has 1 N–H and O–H groups in total. The number of rotatable bonds is 5. The van der Waals surface area contributed by atoms with E-state index in [-0.39, 0.29) is 22.6 Å². The van der Waals surface area contributed by atoms with E-state index in [1.54, 1.807) is 0 Å². The minimum atomic E-state index is -3.66. The zero-order chi connectivity index (χ0) is 15.5. The molecular weight excluding hydrogens is 312 g/mol.